The SMILES string of the molecule is CCCCC[C@H](O)/C=C/C1CC[C@]2(C)C/C(=C\CCCC(=O)O)C[C@H]12. The fourth-order valence-electron chi connectivity index (χ4n) is 4.81. The molecule has 2 aliphatic rings. The molecule has 142 valence electrons. The molecule has 3 heteroatoms. The summed E-state index contributed by atoms with van der Waals surface area (Å²) in [5.41, 5.74) is 1.93. The van der Waals surface area contributed by atoms with Gasteiger partial charge in [0, 0.05) is 6.42 Å². The Balaban J connectivity index is 1.84. The summed E-state index contributed by atoms with van der Waals surface area (Å²) in [6.07, 6.45) is 17.5. The lowest BCUT2D eigenvalue weighted by Gasteiger charge is -2.25. The average molecular weight is 349 g/mol. The number of aliphatic hydroxyl groups excluding tert-OH is 1. The summed E-state index contributed by atoms with van der Waals surface area (Å²) >= 11 is 0. The van der Waals surface area contributed by atoms with Crippen molar-refractivity contribution in [3.8, 4) is 0 Å². The lowest BCUT2D eigenvalue weighted by molar-refractivity contribution is -0.137. The minimum atomic E-state index is -0.698. The third-order valence-electron chi connectivity index (χ3n) is 6.29. The first kappa shape index (κ1) is 20.2. The van der Waals surface area contributed by atoms with Gasteiger partial charge < -0.3 is 10.2 Å². The average Bonchev–Trinajstić information content (AvgIpc) is 3.03. The summed E-state index contributed by atoms with van der Waals surface area (Å²) in [7, 11) is 0. The van der Waals surface area contributed by atoms with Gasteiger partial charge in [0.25, 0.3) is 0 Å². The first-order chi connectivity index (χ1) is 11.9. The van der Waals surface area contributed by atoms with Crippen molar-refractivity contribution in [3.05, 3.63) is 23.8 Å². The van der Waals surface area contributed by atoms with Crippen molar-refractivity contribution in [1.82, 2.24) is 0 Å². The number of unbranched alkanes of at least 4 members (excludes halogenated alkanes) is 3. The molecule has 2 rings (SSSR count). The van der Waals surface area contributed by atoms with Gasteiger partial charge >= 0.3 is 5.97 Å². The van der Waals surface area contributed by atoms with Crippen LogP contribution in [0.2, 0.25) is 0 Å². The number of hydrogen-bond acceptors (Lipinski definition) is 2. The molecule has 3 nitrogen and oxygen atoms in total. The van der Waals surface area contributed by atoms with Gasteiger partial charge in [0.2, 0.25) is 0 Å². The van der Waals surface area contributed by atoms with Gasteiger partial charge in [-0.15, -0.1) is 0 Å². The number of carbonyl (C=O) groups is 1. The Labute approximate surface area is 153 Å². The van der Waals surface area contributed by atoms with Crippen LogP contribution in [-0.4, -0.2) is 22.3 Å². The molecule has 2 saturated carbocycles. The fourth-order valence-corrected chi connectivity index (χ4v) is 4.81. The Morgan fingerprint density at radius 3 is 2.88 bits per heavy atom. The van der Waals surface area contributed by atoms with E-state index >= 15 is 0 Å². The molecule has 0 aromatic heterocycles. The maximum atomic E-state index is 10.6. The summed E-state index contributed by atoms with van der Waals surface area (Å²) in [5, 5.41) is 18.9. The van der Waals surface area contributed by atoms with Crippen LogP contribution in [0.15, 0.2) is 23.8 Å². The van der Waals surface area contributed by atoms with E-state index in [-0.39, 0.29) is 12.5 Å². The maximum Gasteiger partial charge on any atom is 0.303 e. The number of allylic oxidation sites excluding steroid dienone is 3. The number of aliphatic carboxylic acids is 1. The van der Waals surface area contributed by atoms with Gasteiger partial charge in [0.1, 0.15) is 0 Å². The monoisotopic (exact) mass is 348 g/mol. The molecule has 2 aliphatic carbocycles. The molecular weight excluding hydrogens is 312 g/mol. The van der Waals surface area contributed by atoms with Gasteiger partial charge in [-0.25, -0.2) is 0 Å². The normalized spacial score (nSPS) is 31.7. The van der Waals surface area contributed by atoms with Crippen LogP contribution in [0.1, 0.15) is 84.5 Å². The predicted molar refractivity (Wildman–Crippen MR) is 102 cm³/mol. The molecule has 0 amide bonds. The Morgan fingerprint density at radius 1 is 1.36 bits per heavy atom. The third-order valence-corrected chi connectivity index (χ3v) is 6.29. The van der Waals surface area contributed by atoms with Gasteiger partial charge in [-0.2, -0.15) is 0 Å². The summed E-state index contributed by atoms with van der Waals surface area (Å²) < 4.78 is 0. The summed E-state index contributed by atoms with van der Waals surface area (Å²) in [6, 6.07) is 0. The number of aliphatic hydroxyl groups is 1. The molecular formula is C22H36O3. The van der Waals surface area contributed by atoms with Gasteiger partial charge in [-0.1, -0.05) is 56.9 Å². The molecule has 0 radical (unpaired) electrons. The van der Waals surface area contributed by atoms with Crippen LogP contribution < -0.4 is 0 Å². The van der Waals surface area contributed by atoms with Gasteiger partial charge in [0.05, 0.1) is 6.10 Å². The second kappa shape index (κ2) is 9.56. The highest BCUT2D eigenvalue weighted by atomic mass is 16.4. The van der Waals surface area contributed by atoms with Crippen molar-refractivity contribution in [1.29, 1.82) is 0 Å². The van der Waals surface area contributed by atoms with E-state index in [2.05, 4.69) is 26.0 Å². The van der Waals surface area contributed by atoms with Crippen LogP contribution in [-0.2, 0) is 4.79 Å². The van der Waals surface area contributed by atoms with Gasteiger partial charge in [0.15, 0.2) is 0 Å². The number of fused-ring (bicyclic) bond motifs is 1. The van der Waals surface area contributed by atoms with Crippen molar-refractivity contribution in [2.75, 3.05) is 0 Å². The van der Waals surface area contributed by atoms with E-state index in [9.17, 15) is 9.90 Å². The minimum absolute atomic E-state index is 0.270. The molecule has 2 N–H and O–H groups in total. The zero-order valence-corrected chi connectivity index (χ0v) is 16.0. The smallest absolute Gasteiger partial charge is 0.303 e. The summed E-state index contributed by atoms with van der Waals surface area (Å²) in [4.78, 5) is 10.6. The third kappa shape index (κ3) is 5.99. The van der Waals surface area contributed by atoms with Crippen LogP contribution in [0.4, 0.5) is 0 Å². The lowest BCUT2D eigenvalue weighted by atomic mass is 9.80. The number of rotatable bonds is 10. The molecule has 0 spiro atoms. The van der Waals surface area contributed by atoms with Crippen molar-refractivity contribution < 1.29 is 15.0 Å². The van der Waals surface area contributed by atoms with Crippen LogP contribution in [0.25, 0.3) is 0 Å². The Hall–Kier alpha value is -1.09. The van der Waals surface area contributed by atoms with Crippen LogP contribution in [0, 0.1) is 17.3 Å². The van der Waals surface area contributed by atoms with Crippen molar-refractivity contribution in [2.45, 2.75) is 90.6 Å². The second-order valence-electron chi connectivity index (χ2n) is 8.44. The summed E-state index contributed by atoms with van der Waals surface area (Å²) in [5.74, 6) is 0.587. The minimum Gasteiger partial charge on any atom is -0.481 e. The summed E-state index contributed by atoms with van der Waals surface area (Å²) in [6.45, 7) is 4.61. The van der Waals surface area contributed by atoms with Crippen molar-refractivity contribution in [3.63, 3.8) is 0 Å². The van der Waals surface area contributed by atoms with E-state index in [1.807, 2.05) is 6.08 Å². The number of hydrogen-bond donors (Lipinski definition) is 2. The molecule has 4 atom stereocenters. The van der Waals surface area contributed by atoms with E-state index in [1.54, 1.807) is 0 Å². The van der Waals surface area contributed by atoms with Gasteiger partial charge in [-0.3, -0.25) is 4.79 Å². The van der Waals surface area contributed by atoms with Crippen molar-refractivity contribution in [2.24, 2.45) is 17.3 Å². The van der Waals surface area contributed by atoms with E-state index < -0.39 is 5.97 Å². The number of carboxylic acids is 1. The van der Waals surface area contributed by atoms with Crippen LogP contribution in [0.3, 0.4) is 0 Å². The lowest BCUT2D eigenvalue weighted by Crippen LogP contribution is -2.18. The largest absolute Gasteiger partial charge is 0.481 e. The molecule has 0 aliphatic heterocycles. The first-order valence-electron chi connectivity index (χ1n) is 10.2. The highest BCUT2D eigenvalue weighted by Gasteiger charge is 2.48. The quantitative estimate of drug-likeness (QED) is 0.405. The molecule has 2 fully saturated rings. The standard InChI is InChI=1S/C22H36O3/c1-3-4-5-9-19(23)12-11-18-13-14-22(2)16-17(15-20(18)22)8-6-7-10-21(24)25/h8,11-12,18-20,23H,3-7,9-10,13-16H2,1-2H3,(H,24,25)/b12-11+,17-8-/t18?,19-,20+,22+/m0/s1. The molecule has 0 saturated heterocycles. The Bertz CT molecular complexity index is 494. The predicted octanol–water partition coefficient (Wildman–Crippen LogP) is 5.49. The maximum absolute atomic E-state index is 10.6. The van der Waals surface area contributed by atoms with Crippen molar-refractivity contribution >= 4 is 5.97 Å². The molecule has 0 bridgehead atoms. The first-order valence-corrected chi connectivity index (χ1v) is 10.2. The van der Waals surface area contributed by atoms with Crippen LogP contribution >= 0.6 is 0 Å². The molecule has 0 aromatic carbocycles. The van der Waals surface area contributed by atoms with Gasteiger partial charge in [-0.05, 0) is 62.2 Å². The second-order valence-corrected chi connectivity index (χ2v) is 8.44. The number of carboxylic acid groups (broad SMARTS) is 1. The van der Waals surface area contributed by atoms with E-state index in [0.29, 0.717) is 17.3 Å². The molecule has 0 heterocycles. The van der Waals surface area contributed by atoms with E-state index in [0.717, 1.165) is 32.1 Å². The molecule has 1 unspecified atom stereocenters. The Morgan fingerprint density at radius 2 is 2.16 bits per heavy atom. The highest BCUT2D eigenvalue weighted by molar-refractivity contribution is 5.66. The van der Waals surface area contributed by atoms with E-state index in [4.69, 9.17) is 5.11 Å². The van der Waals surface area contributed by atoms with Crippen LogP contribution in [0.5, 0.6) is 0 Å². The van der Waals surface area contributed by atoms with E-state index in [1.165, 1.54) is 37.7 Å². The molecule has 25 heavy (non-hydrogen) atoms. The Kier molecular flexibility index (Phi) is 7.74. The molecule has 0 aromatic rings. The zero-order chi connectivity index (χ0) is 18.3. The topological polar surface area (TPSA) is 57.5 Å². The highest BCUT2D eigenvalue weighted by Crippen LogP contribution is 2.58. The fraction of sp³-hybridized carbons (Fsp3) is 0.773. The zero-order valence-electron chi connectivity index (χ0n) is 16.0.